The third kappa shape index (κ3) is 3.65. The SMILES string of the molecule is N#C/C(=C/c1ccc(F)cc1)c1nc(-c2ccc(Cl)cc2)cs1. The monoisotopic (exact) mass is 340 g/mol. The Morgan fingerprint density at radius 3 is 2.48 bits per heavy atom. The average molecular weight is 341 g/mol. The number of rotatable bonds is 3. The minimum atomic E-state index is -0.306. The van der Waals surface area contributed by atoms with Crippen molar-refractivity contribution in [1.82, 2.24) is 4.98 Å². The van der Waals surface area contributed by atoms with Crippen molar-refractivity contribution in [1.29, 1.82) is 5.26 Å². The van der Waals surface area contributed by atoms with Crippen LogP contribution in [0.3, 0.4) is 0 Å². The second kappa shape index (κ2) is 6.74. The summed E-state index contributed by atoms with van der Waals surface area (Å²) in [7, 11) is 0. The van der Waals surface area contributed by atoms with Crippen molar-refractivity contribution in [2.45, 2.75) is 0 Å². The van der Waals surface area contributed by atoms with Gasteiger partial charge in [-0.1, -0.05) is 35.9 Å². The molecule has 0 aliphatic rings. The molecule has 0 atom stereocenters. The van der Waals surface area contributed by atoms with Crippen LogP contribution < -0.4 is 0 Å². The number of nitrogens with zero attached hydrogens (tertiary/aromatic N) is 2. The predicted octanol–water partition coefficient (Wildman–Crippen LogP) is 5.67. The first-order valence-electron chi connectivity index (χ1n) is 6.75. The number of nitriles is 1. The molecule has 0 spiro atoms. The van der Waals surface area contributed by atoms with E-state index in [2.05, 4.69) is 11.1 Å². The minimum Gasteiger partial charge on any atom is -0.235 e. The summed E-state index contributed by atoms with van der Waals surface area (Å²) in [6, 6.07) is 15.5. The van der Waals surface area contributed by atoms with Crippen LogP contribution in [0.2, 0.25) is 5.02 Å². The molecule has 3 rings (SSSR count). The maximum absolute atomic E-state index is 12.9. The van der Waals surface area contributed by atoms with Crippen LogP contribution in [-0.4, -0.2) is 4.98 Å². The highest BCUT2D eigenvalue weighted by Gasteiger charge is 2.09. The van der Waals surface area contributed by atoms with Crippen LogP contribution in [0.25, 0.3) is 22.9 Å². The third-order valence-corrected chi connectivity index (χ3v) is 4.30. The van der Waals surface area contributed by atoms with Gasteiger partial charge in [0.25, 0.3) is 0 Å². The zero-order valence-corrected chi connectivity index (χ0v) is 13.4. The molecule has 112 valence electrons. The molecular formula is C18H10ClFN2S. The summed E-state index contributed by atoms with van der Waals surface area (Å²) in [5, 5.41) is 12.6. The number of hydrogen-bond donors (Lipinski definition) is 0. The summed E-state index contributed by atoms with van der Waals surface area (Å²) >= 11 is 7.28. The lowest BCUT2D eigenvalue weighted by Crippen LogP contribution is -1.83. The van der Waals surface area contributed by atoms with Gasteiger partial charge in [0, 0.05) is 16.0 Å². The molecule has 0 fully saturated rings. The van der Waals surface area contributed by atoms with E-state index in [9.17, 15) is 9.65 Å². The van der Waals surface area contributed by atoms with Gasteiger partial charge in [-0.3, -0.25) is 0 Å². The lowest BCUT2D eigenvalue weighted by atomic mass is 10.1. The van der Waals surface area contributed by atoms with Crippen LogP contribution >= 0.6 is 22.9 Å². The van der Waals surface area contributed by atoms with Crippen molar-refractivity contribution >= 4 is 34.6 Å². The van der Waals surface area contributed by atoms with Gasteiger partial charge in [0.15, 0.2) is 0 Å². The summed E-state index contributed by atoms with van der Waals surface area (Å²) in [4.78, 5) is 4.51. The molecule has 0 saturated carbocycles. The molecule has 0 aliphatic heterocycles. The molecule has 0 radical (unpaired) electrons. The van der Waals surface area contributed by atoms with E-state index in [0.29, 0.717) is 15.6 Å². The summed E-state index contributed by atoms with van der Waals surface area (Å²) < 4.78 is 12.9. The number of aromatic nitrogens is 1. The first kappa shape index (κ1) is 15.4. The molecule has 5 heteroatoms. The van der Waals surface area contributed by atoms with Crippen molar-refractivity contribution in [2.75, 3.05) is 0 Å². The summed E-state index contributed by atoms with van der Waals surface area (Å²) in [6.07, 6.45) is 1.70. The summed E-state index contributed by atoms with van der Waals surface area (Å²) in [6.45, 7) is 0. The van der Waals surface area contributed by atoms with E-state index in [0.717, 1.165) is 16.8 Å². The van der Waals surface area contributed by atoms with Crippen molar-refractivity contribution in [3.63, 3.8) is 0 Å². The van der Waals surface area contributed by atoms with Gasteiger partial charge in [-0.15, -0.1) is 11.3 Å². The number of benzene rings is 2. The molecule has 0 unspecified atom stereocenters. The normalized spacial score (nSPS) is 11.3. The largest absolute Gasteiger partial charge is 0.235 e. The molecular weight excluding hydrogens is 331 g/mol. The highest BCUT2D eigenvalue weighted by atomic mass is 35.5. The van der Waals surface area contributed by atoms with E-state index in [1.165, 1.54) is 23.5 Å². The first-order valence-corrected chi connectivity index (χ1v) is 8.00. The predicted molar refractivity (Wildman–Crippen MR) is 92.4 cm³/mol. The molecule has 0 aliphatic carbocycles. The Morgan fingerprint density at radius 1 is 1.13 bits per heavy atom. The fourth-order valence-corrected chi connectivity index (χ4v) is 2.94. The average Bonchev–Trinajstić information content (AvgIpc) is 3.05. The standard InChI is InChI=1S/C18H10ClFN2S/c19-15-5-3-13(4-6-15)17-11-23-18(22-17)14(10-21)9-12-1-7-16(20)8-2-12/h1-9,11H/b14-9-. The molecule has 0 N–H and O–H groups in total. The smallest absolute Gasteiger partial charge is 0.134 e. The lowest BCUT2D eigenvalue weighted by molar-refractivity contribution is 0.628. The Balaban J connectivity index is 1.92. The van der Waals surface area contributed by atoms with E-state index in [1.54, 1.807) is 30.3 Å². The Hall–Kier alpha value is -2.48. The van der Waals surface area contributed by atoms with Gasteiger partial charge in [0.1, 0.15) is 16.9 Å². The zero-order chi connectivity index (χ0) is 16.2. The second-order valence-corrected chi connectivity index (χ2v) is 6.06. The van der Waals surface area contributed by atoms with E-state index < -0.39 is 0 Å². The topological polar surface area (TPSA) is 36.7 Å². The molecule has 1 heterocycles. The fraction of sp³-hybridized carbons (Fsp3) is 0. The summed E-state index contributed by atoms with van der Waals surface area (Å²) in [5.74, 6) is -0.306. The van der Waals surface area contributed by atoms with Crippen LogP contribution in [0, 0.1) is 17.1 Å². The summed E-state index contributed by atoms with van der Waals surface area (Å²) in [5.41, 5.74) is 2.94. The van der Waals surface area contributed by atoms with Gasteiger partial charge in [-0.05, 0) is 35.9 Å². The van der Waals surface area contributed by atoms with Gasteiger partial charge in [-0.2, -0.15) is 5.26 Å². The Morgan fingerprint density at radius 2 is 1.83 bits per heavy atom. The van der Waals surface area contributed by atoms with E-state index in [-0.39, 0.29) is 5.82 Å². The Labute approximate surface area is 142 Å². The molecule has 0 saturated heterocycles. The van der Waals surface area contributed by atoms with Gasteiger partial charge in [-0.25, -0.2) is 9.37 Å². The van der Waals surface area contributed by atoms with Gasteiger partial charge in [0.2, 0.25) is 0 Å². The molecule has 0 amide bonds. The van der Waals surface area contributed by atoms with Crippen LogP contribution in [-0.2, 0) is 0 Å². The van der Waals surface area contributed by atoms with Crippen LogP contribution in [0.4, 0.5) is 4.39 Å². The van der Waals surface area contributed by atoms with Gasteiger partial charge in [0.05, 0.1) is 11.3 Å². The lowest BCUT2D eigenvalue weighted by Gasteiger charge is -1.97. The number of halogens is 2. The van der Waals surface area contributed by atoms with Gasteiger partial charge < -0.3 is 0 Å². The molecule has 0 bridgehead atoms. The van der Waals surface area contributed by atoms with E-state index in [4.69, 9.17) is 11.6 Å². The maximum atomic E-state index is 12.9. The molecule has 3 aromatic rings. The van der Waals surface area contributed by atoms with Crippen LogP contribution in [0.5, 0.6) is 0 Å². The Bertz CT molecular complexity index is 890. The minimum absolute atomic E-state index is 0.306. The van der Waals surface area contributed by atoms with E-state index >= 15 is 0 Å². The third-order valence-electron chi connectivity index (χ3n) is 3.18. The second-order valence-electron chi connectivity index (χ2n) is 4.77. The zero-order valence-electron chi connectivity index (χ0n) is 11.8. The number of thiazole rings is 1. The van der Waals surface area contributed by atoms with Crippen molar-refractivity contribution in [3.8, 4) is 17.3 Å². The highest BCUT2D eigenvalue weighted by Crippen LogP contribution is 2.27. The van der Waals surface area contributed by atoms with Crippen molar-refractivity contribution in [2.24, 2.45) is 0 Å². The fourth-order valence-electron chi connectivity index (χ4n) is 2.02. The van der Waals surface area contributed by atoms with Crippen LogP contribution in [0.15, 0.2) is 53.9 Å². The van der Waals surface area contributed by atoms with Crippen molar-refractivity contribution in [3.05, 3.63) is 75.3 Å². The highest BCUT2D eigenvalue weighted by molar-refractivity contribution is 7.11. The van der Waals surface area contributed by atoms with Crippen molar-refractivity contribution < 1.29 is 4.39 Å². The molecule has 2 nitrogen and oxygen atoms in total. The van der Waals surface area contributed by atoms with Gasteiger partial charge >= 0.3 is 0 Å². The molecule has 2 aromatic carbocycles. The molecule has 23 heavy (non-hydrogen) atoms. The Kier molecular flexibility index (Phi) is 4.52. The maximum Gasteiger partial charge on any atom is 0.134 e. The number of allylic oxidation sites excluding steroid dienone is 1. The first-order chi connectivity index (χ1) is 11.2. The quantitative estimate of drug-likeness (QED) is 0.576. The van der Waals surface area contributed by atoms with E-state index in [1.807, 2.05) is 17.5 Å². The number of hydrogen-bond acceptors (Lipinski definition) is 3. The van der Waals surface area contributed by atoms with Crippen LogP contribution in [0.1, 0.15) is 10.6 Å². The molecule has 1 aromatic heterocycles.